The normalized spacial score (nSPS) is 11.2. The van der Waals surface area contributed by atoms with Gasteiger partial charge in [0.05, 0.1) is 20.0 Å². The van der Waals surface area contributed by atoms with Crippen LogP contribution in [0.4, 0.5) is 0 Å². The van der Waals surface area contributed by atoms with Gasteiger partial charge in [0.2, 0.25) is 0 Å². The van der Waals surface area contributed by atoms with Crippen molar-refractivity contribution >= 4 is 38.8 Å². The number of hydrogen-bond donors (Lipinski definition) is 1. The molecule has 2 aromatic heterocycles. The number of carbonyl (C=O) groups is 1. The lowest BCUT2D eigenvalue weighted by Gasteiger charge is -2.10. The van der Waals surface area contributed by atoms with Gasteiger partial charge in [-0.1, -0.05) is 36.4 Å². The molecule has 0 aliphatic rings. The summed E-state index contributed by atoms with van der Waals surface area (Å²) in [7, 11) is 4.11. The lowest BCUT2D eigenvalue weighted by molar-refractivity contribution is 0.0955. The van der Waals surface area contributed by atoms with Gasteiger partial charge in [0, 0.05) is 13.1 Å². The Kier molecular flexibility index (Phi) is 5.52. The fourth-order valence-corrected chi connectivity index (χ4v) is 4.89. The highest BCUT2D eigenvalue weighted by Gasteiger charge is 2.13. The maximum Gasteiger partial charge on any atom is 0.261 e. The molecule has 28 heavy (non-hydrogen) atoms. The van der Waals surface area contributed by atoms with Crippen LogP contribution in [-0.4, -0.2) is 29.9 Å². The zero-order valence-corrected chi connectivity index (χ0v) is 17.4. The lowest BCUT2D eigenvalue weighted by atomic mass is 10.1. The first-order valence-corrected chi connectivity index (χ1v) is 10.7. The molecule has 0 saturated carbocycles. The third-order valence-electron chi connectivity index (χ3n) is 4.31. The van der Waals surface area contributed by atoms with Crippen molar-refractivity contribution in [2.75, 3.05) is 14.1 Å². The van der Waals surface area contributed by atoms with Gasteiger partial charge < -0.3 is 10.2 Å². The Bertz CT molecular complexity index is 1060. The van der Waals surface area contributed by atoms with Gasteiger partial charge in [-0.15, -0.1) is 22.7 Å². The van der Waals surface area contributed by atoms with Crippen molar-refractivity contribution < 1.29 is 4.79 Å². The molecular formula is C22H21N3OS2. The summed E-state index contributed by atoms with van der Waals surface area (Å²) in [5, 5.41) is 3.97. The molecule has 0 unspecified atom stereocenters. The van der Waals surface area contributed by atoms with Crippen LogP contribution in [0.3, 0.4) is 0 Å². The first-order valence-electron chi connectivity index (χ1n) is 9.05. The number of nitrogens with one attached hydrogen (secondary N) is 1. The van der Waals surface area contributed by atoms with E-state index in [4.69, 9.17) is 0 Å². The summed E-state index contributed by atoms with van der Waals surface area (Å²) in [6, 6.07) is 20.3. The van der Waals surface area contributed by atoms with E-state index in [2.05, 4.69) is 59.6 Å². The van der Waals surface area contributed by atoms with Crippen LogP contribution in [-0.2, 0) is 13.1 Å². The van der Waals surface area contributed by atoms with Crippen LogP contribution in [0, 0.1) is 0 Å². The van der Waals surface area contributed by atoms with Crippen molar-refractivity contribution in [3.63, 3.8) is 0 Å². The van der Waals surface area contributed by atoms with Gasteiger partial charge in [-0.05, 0) is 49.5 Å². The number of amides is 1. The molecule has 1 N–H and O–H groups in total. The molecular weight excluding hydrogens is 386 g/mol. The van der Waals surface area contributed by atoms with Crippen LogP contribution in [0.25, 0.3) is 20.1 Å². The van der Waals surface area contributed by atoms with Crippen LogP contribution in [0.2, 0.25) is 0 Å². The van der Waals surface area contributed by atoms with Gasteiger partial charge in [0.15, 0.2) is 0 Å². The third kappa shape index (κ3) is 4.30. The summed E-state index contributed by atoms with van der Waals surface area (Å²) in [4.78, 5) is 21.1. The van der Waals surface area contributed by atoms with E-state index in [9.17, 15) is 4.79 Å². The number of benzene rings is 2. The summed E-state index contributed by atoms with van der Waals surface area (Å²) >= 11 is 3.14. The minimum atomic E-state index is -0.0465. The Morgan fingerprint density at radius 2 is 1.71 bits per heavy atom. The molecule has 0 saturated heterocycles. The number of rotatable bonds is 6. The highest BCUT2D eigenvalue weighted by atomic mass is 32.1. The van der Waals surface area contributed by atoms with Crippen molar-refractivity contribution in [2.45, 2.75) is 13.1 Å². The Morgan fingerprint density at radius 3 is 2.46 bits per heavy atom. The number of hydrogen-bond acceptors (Lipinski definition) is 5. The minimum absolute atomic E-state index is 0.0465. The number of aromatic nitrogens is 1. The van der Waals surface area contributed by atoms with Crippen LogP contribution in [0.5, 0.6) is 0 Å². The molecule has 0 aliphatic heterocycles. The molecule has 142 valence electrons. The quantitative estimate of drug-likeness (QED) is 0.488. The first-order chi connectivity index (χ1) is 13.6. The Hall–Kier alpha value is -2.54. The van der Waals surface area contributed by atoms with E-state index in [1.54, 1.807) is 11.3 Å². The molecule has 0 radical (unpaired) electrons. The van der Waals surface area contributed by atoms with Crippen LogP contribution in [0.15, 0.2) is 60.7 Å². The molecule has 2 aromatic carbocycles. The fraction of sp³-hybridized carbons (Fsp3) is 0.182. The number of carbonyl (C=O) groups excluding carboxylic acids is 1. The van der Waals surface area contributed by atoms with Crippen molar-refractivity contribution in [3.05, 3.63) is 76.7 Å². The zero-order valence-electron chi connectivity index (χ0n) is 15.8. The molecule has 4 rings (SSSR count). The highest BCUT2D eigenvalue weighted by Crippen LogP contribution is 2.34. The number of thiophene rings is 1. The average molecular weight is 408 g/mol. The summed E-state index contributed by atoms with van der Waals surface area (Å²) in [6.45, 7) is 1.44. The second kappa shape index (κ2) is 8.22. The monoisotopic (exact) mass is 407 g/mol. The van der Waals surface area contributed by atoms with Gasteiger partial charge in [0.1, 0.15) is 5.01 Å². The highest BCUT2D eigenvalue weighted by molar-refractivity contribution is 7.26. The second-order valence-corrected chi connectivity index (χ2v) is 9.00. The number of para-hydroxylation sites is 1. The van der Waals surface area contributed by atoms with E-state index in [1.165, 1.54) is 16.9 Å². The van der Waals surface area contributed by atoms with Crippen molar-refractivity contribution in [3.8, 4) is 9.88 Å². The van der Waals surface area contributed by atoms with E-state index in [-0.39, 0.29) is 5.91 Å². The summed E-state index contributed by atoms with van der Waals surface area (Å²) < 4.78 is 1.16. The second-order valence-electron chi connectivity index (χ2n) is 6.89. The van der Waals surface area contributed by atoms with Crippen molar-refractivity contribution in [1.82, 2.24) is 15.2 Å². The van der Waals surface area contributed by atoms with Crippen LogP contribution >= 0.6 is 22.7 Å². The smallest absolute Gasteiger partial charge is 0.261 e. The Balaban J connectivity index is 1.40. The SMILES string of the molecule is CN(C)Cc1ccc(CNC(=O)c2ccc(-c3nc4ccccc4s3)s2)cc1. The first kappa shape index (κ1) is 18.8. The molecule has 4 nitrogen and oxygen atoms in total. The van der Waals surface area contributed by atoms with Gasteiger partial charge in [-0.25, -0.2) is 4.98 Å². The standard InChI is InChI=1S/C22H21N3OS2/c1-25(2)14-16-9-7-15(8-10-16)13-23-21(26)19-11-12-20(27-19)22-24-17-5-3-4-6-18(17)28-22/h3-12H,13-14H2,1-2H3,(H,23,26). The number of fused-ring (bicyclic) bond motifs is 1. The predicted octanol–water partition coefficient (Wildman–Crippen LogP) is 5.02. The van der Waals surface area contributed by atoms with Gasteiger partial charge >= 0.3 is 0 Å². The van der Waals surface area contributed by atoms with Gasteiger partial charge in [0.25, 0.3) is 5.91 Å². The Morgan fingerprint density at radius 1 is 0.964 bits per heavy atom. The van der Waals surface area contributed by atoms with E-state index in [1.807, 2.05) is 30.3 Å². The fourth-order valence-electron chi connectivity index (χ4n) is 2.95. The van der Waals surface area contributed by atoms with Crippen LogP contribution in [0.1, 0.15) is 20.8 Å². The van der Waals surface area contributed by atoms with Crippen molar-refractivity contribution in [1.29, 1.82) is 0 Å². The summed E-state index contributed by atoms with van der Waals surface area (Å²) in [5.74, 6) is -0.0465. The molecule has 4 aromatic rings. The summed E-state index contributed by atoms with van der Waals surface area (Å²) in [6.07, 6.45) is 0. The minimum Gasteiger partial charge on any atom is -0.347 e. The van der Waals surface area contributed by atoms with E-state index in [0.717, 1.165) is 32.2 Å². The number of nitrogens with zero attached hydrogens (tertiary/aromatic N) is 2. The van der Waals surface area contributed by atoms with Gasteiger partial charge in [-0.2, -0.15) is 0 Å². The molecule has 0 bridgehead atoms. The number of thiazole rings is 1. The Labute approximate surface area is 172 Å². The van der Waals surface area contributed by atoms with Crippen LogP contribution < -0.4 is 5.32 Å². The largest absolute Gasteiger partial charge is 0.347 e. The van der Waals surface area contributed by atoms with E-state index < -0.39 is 0 Å². The summed E-state index contributed by atoms with van der Waals surface area (Å²) in [5.41, 5.74) is 3.36. The van der Waals surface area contributed by atoms with Gasteiger partial charge in [-0.3, -0.25) is 4.79 Å². The predicted molar refractivity (Wildman–Crippen MR) is 118 cm³/mol. The molecule has 1 amide bonds. The van der Waals surface area contributed by atoms with E-state index in [0.29, 0.717) is 11.4 Å². The molecule has 0 spiro atoms. The maximum absolute atomic E-state index is 12.5. The maximum atomic E-state index is 12.5. The zero-order chi connectivity index (χ0) is 19.5. The average Bonchev–Trinajstić information content (AvgIpc) is 3.33. The lowest BCUT2D eigenvalue weighted by Crippen LogP contribution is -2.21. The van der Waals surface area contributed by atoms with Crippen molar-refractivity contribution in [2.24, 2.45) is 0 Å². The van der Waals surface area contributed by atoms with E-state index >= 15 is 0 Å². The third-order valence-corrected chi connectivity index (χ3v) is 6.60. The molecule has 6 heteroatoms. The topological polar surface area (TPSA) is 45.2 Å². The molecule has 2 heterocycles. The molecule has 0 fully saturated rings. The molecule has 0 atom stereocenters. The molecule has 0 aliphatic carbocycles.